The van der Waals surface area contributed by atoms with E-state index in [9.17, 15) is 31.9 Å². The zero-order valence-corrected chi connectivity index (χ0v) is 12.3. The van der Waals surface area contributed by atoms with E-state index in [1.54, 1.807) is 4.72 Å². The van der Waals surface area contributed by atoms with Crippen molar-refractivity contribution in [3.05, 3.63) is 57.9 Å². The van der Waals surface area contributed by atoms with Gasteiger partial charge in [-0.15, -0.1) is 0 Å². The average molecular weight is 364 g/mol. The van der Waals surface area contributed by atoms with Gasteiger partial charge in [-0.1, -0.05) is 12.1 Å². The van der Waals surface area contributed by atoms with Crippen molar-refractivity contribution in [1.29, 1.82) is 0 Å². The third-order valence-electron chi connectivity index (χ3n) is 3.00. The largest absolute Gasteiger partial charge is 0.416 e. The van der Waals surface area contributed by atoms with Crippen LogP contribution in [0.2, 0.25) is 0 Å². The Balaban J connectivity index is 2.52. The summed E-state index contributed by atoms with van der Waals surface area (Å²) in [5.74, 6) is -1.19. The van der Waals surface area contributed by atoms with E-state index in [1.165, 1.54) is 0 Å². The van der Waals surface area contributed by atoms with Crippen LogP contribution in [0.15, 0.2) is 36.4 Å². The van der Waals surface area contributed by atoms with Crippen molar-refractivity contribution < 1.29 is 31.2 Å². The van der Waals surface area contributed by atoms with Crippen LogP contribution < -0.4 is 4.72 Å². The molecule has 0 aliphatic rings. The molecule has 128 valence electrons. The number of benzene rings is 2. The van der Waals surface area contributed by atoms with Crippen LogP contribution in [0.4, 0.5) is 28.9 Å². The standard InChI is InChI=1S/C13H8F4N2O4S/c14-10-5-8(6-11(19(20)21)12(10)18-24(22)23)7-1-3-9(4-2-7)13(15,16)17/h1-6,18H,(H,22,23). The van der Waals surface area contributed by atoms with Gasteiger partial charge in [0.25, 0.3) is 17.0 Å². The topological polar surface area (TPSA) is 92.5 Å². The van der Waals surface area contributed by atoms with Crippen molar-refractivity contribution in [2.75, 3.05) is 4.72 Å². The molecule has 0 aromatic heterocycles. The Morgan fingerprint density at radius 2 is 1.71 bits per heavy atom. The number of nitrogens with one attached hydrogen (secondary N) is 1. The fourth-order valence-corrected chi connectivity index (χ4v) is 2.32. The van der Waals surface area contributed by atoms with Crippen LogP contribution in [0.5, 0.6) is 0 Å². The van der Waals surface area contributed by atoms with Gasteiger partial charge in [-0.3, -0.25) is 19.4 Å². The third kappa shape index (κ3) is 3.86. The smallest absolute Gasteiger partial charge is 0.289 e. The van der Waals surface area contributed by atoms with Gasteiger partial charge < -0.3 is 0 Å². The Bertz CT molecular complexity index is 809. The predicted molar refractivity (Wildman–Crippen MR) is 77.9 cm³/mol. The molecule has 0 heterocycles. The zero-order valence-electron chi connectivity index (χ0n) is 11.5. The number of halogens is 4. The van der Waals surface area contributed by atoms with Crippen LogP contribution in [-0.2, 0) is 17.4 Å². The maximum atomic E-state index is 14.0. The molecular weight excluding hydrogens is 356 g/mol. The minimum Gasteiger partial charge on any atom is -0.289 e. The monoisotopic (exact) mass is 364 g/mol. The van der Waals surface area contributed by atoms with Gasteiger partial charge in [0.1, 0.15) is 0 Å². The summed E-state index contributed by atoms with van der Waals surface area (Å²) in [7, 11) is 0. The van der Waals surface area contributed by atoms with Crippen LogP contribution in [0.3, 0.4) is 0 Å². The second-order valence-corrected chi connectivity index (χ2v) is 5.24. The van der Waals surface area contributed by atoms with Crippen molar-refractivity contribution in [3.63, 3.8) is 0 Å². The second kappa shape index (κ2) is 6.53. The normalized spacial score (nSPS) is 12.7. The van der Waals surface area contributed by atoms with E-state index < -0.39 is 45.1 Å². The van der Waals surface area contributed by atoms with Gasteiger partial charge in [0, 0.05) is 6.07 Å². The lowest BCUT2D eigenvalue weighted by Gasteiger charge is -2.10. The Labute approximate surface area is 134 Å². The minimum atomic E-state index is -4.55. The summed E-state index contributed by atoms with van der Waals surface area (Å²) in [4.78, 5) is 10.0. The molecule has 24 heavy (non-hydrogen) atoms. The molecule has 6 nitrogen and oxygen atoms in total. The molecule has 11 heteroatoms. The highest BCUT2D eigenvalue weighted by molar-refractivity contribution is 7.80. The molecule has 0 fully saturated rings. The number of nitrogens with zero attached hydrogens (tertiary/aromatic N) is 1. The molecule has 0 amide bonds. The minimum absolute atomic E-state index is 0.0535. The van der Waals surface area contributed by atoms with E-state index >= 15 is 0 Å². The van der Waals surface area contributed by atoms with Crippen molar-refractivity contribution in [1.82, 2.24) is 0 Å². The molecule has 2 aromatic rings. The summed E-state index contributed by atoms with van der Waals surface area (Å²) in [5, 5.41) is 11.0. The molecule has 2 rings (SSSR count). The first-order valence-electron chi connectivity index (χ1n) is 6.12. The number of hydrogen-bond acceptors (Lipinski definition) is 3. The molecule has 0 aliphatic carbocycles. The first kappa shape index (κ1) is 17.8. The predicted octanol–water partition coefficient (Wildman–Crippen LogP) is 3.97. The highest BCUT2D eigenvalue weighted by atomic mass is 32.2. The van der Waals surface area contributed by atoms with Gasteiger partial charge in [0.2, 0.25) is 0 Å². The van der Waals surface area contributed by atoms with Crippen molar-refractivity contribution in [3.8, 4) is 11.1 Å². The molecular formula is C13H8F4N2O4S. The van der Waals surface area contributed by atoms with Crippen molar-refractivity contribution in [2.24, 2.45) is 0 Å². The van der Waals surface area contributed by atoms with Crippen molar-refractivity contribution >= 4 is 22.6 Å². The lowest BCUT2D eigenvalue weighted by molar-refractivity contribution is -0.384. The summed E-state index contributed by atoms with van der Waals surface area (Å²) in [5.41, 5.74) is -2.48. The molecule has 0 aliphatic heterocycles. The van der Waals surface area contributed by atoms with Crippen LogP contribution in [0.1, 0.15) is 5.56 Å². The molecule has 0 saturated carbocycles. The van der Waals surface area contributed by atoms with E-state index in [0.29, 0.717) is 0 Å². The van der Waals surface area contributed by atoms with Gasteiger partial charge in [0.15, 0.2) is 11.5 Å². The van der Waals surface area contributed by atoms with Crippen LogP contribution in [0, 0.1) is 15.9 Å². The molecule has 2 N–H and O–H groups in total. The van der Waals surface area contributed by atoms with Gasteiger partial charge in [-0.2, -0.15) is 13.2 Å². The first-order chi connectivity index (χ1) is 11.1. The van der Waals surface area contributed by atoms with Crippen LogP contribution >= 0.6 is 0 Å². The van der Waals surface area contributed by atoms with Gasteiger partial charge in [-0.25, -0.2) is 8.60 Å². The van der Waals surface area contributed by atoms with E-state index in [-0.39, 0.29) is 11.1 Å². The SMILES string of the molecule is O=[N+]([O-])c1cc(-c2ccc(C(F)(F)F)cc2)cc(F)c1NS(=O)O. The fraction of sp³-hybridized carbons (Fsp3) is 0.0769. The van der Waals surface area contributed by atoms with Crippen LogP contribution in [-0.4, -0.2) is 13.7 Å². The van der Waals surface area contributed by atoms with E-state index in [1.807, 2.05) is 0 Å². The summed E-state index contributed by atoms with van der Waals surface area (Å²) in [6.45, 7) is 0. The lowest BCUT2D eigenvalue weighted by atomic mass is 10.0. The number of anilines is 1. The Kier molecular flexibility index (Phi) is 4.85. The quantitative estimate of drug-likeness (QED) is 0.372. The first-order valence-corrected chi connectivity index (χ1v) is 7.23. The fourth-order valence-electron chi connectivity index (χ4n) is 1.94. The van der Waals surface area contributed by atoms with Gasteiger partial charge >= 0.3 is 6.18 Å². The molecule has 1 unspecified atom stereocenters. The van der Waals surface area contributed by atoms with Crippen molar-refractivity contribution in [2.45, 2.75) is 6.18 Å². The molecule has 0 spiro atoms. The van der Waals surface area contributed by atoms with Gasteiger partial charge in [0.05, 0.1) is 10.5 Å². The molecule has 0 saturated heterocycles. The molecule has 2 aromatic carbocycles. The number of nitro benzene ring substituents is 1. The molecule has 1 atom stereocenters. The van der Waals surface area contributed by atoms with E-state index in [2.05, 4.69) is 0 Å². The summed E-state index contributed by atoms with van der Waals surface area (Å²) < 4.78 is 72.6. The Hall–Kier alpha value is -2.53. The maximum Gasteiger partial charge on any atom is 0.416 e. The Morgan fingerprint density at radius 1 is 1.12 bits per heavy atom. The summed E-state index contributed by atoms with van der Waals surface area (Å²) >= 11 is -2.74. The third-order valence-corrected chi connectivity index (χ3v) is 3.38. The number of alkyl halides is 3. The lowest BCUT2D eigenvalue weighted by Crippen LogP contribution is -2.07. The van der Waals surface area contributed by atoms with Gasteiger partial charge in [-0.05, 0) is 29.3 Å². The second-order valence-electron chi connectivity index (χ2n) is 4.54. The highest BCUT2D eigenvalue weighted by Crippen LogP contribution is 2.35. The summed E-state index contributed by atoms with van der Waals surface area (Å²) in [6.07, 6.45) is -4.55. The zero-order chi connectivity index (χ0) is 18.1. The summed E-state index contributed by atoms with van der Waals surface area (Å²) in [6, 6.07) is 5.30. The van der Waals surface area contributed by atoms with E-state index in [4.69, 9.17) is 4.55 Å². The molecule has 0 radical (unpaired) electrons. The van der Waals surface area contributed by atoms with E-state index in [0.717, 1.165) is 36.4 Å². The molecule has 0 bridgehead atoms. The maximum absolute atomic E-state index is 14.0. The van der Waals surface area contributed by atoms with Crippen LogP contribution in [0.25, 0.3) is 11.1 Å². The average Bonchev–Trinajstić information content (AvgIpc) is 2.47. The number of rotatable bonds is 4. The Morgan fingerprint density at radius 3 is 2.17 bits per heavy atom. The highest BCUT2D eigenvalue weighted by Gasteiger charge is 2.30. The number of hydrogen-bond donors (Lipinski definition) is 2. The number of nitro groups is 1.